The zero-order valence-corrected chi connectivity index (χ0v) is 16.8. The number of nitrogens with zero attached hydrogens (tertiary/aromatic N) is 2. The average Bonchev–Trinajstić information content (AvgIpc) is 3.29. The molecule has 1 N–H and O–H groups in total. The zero-order valence-electron chi connectivity index (χ0n) is 16.8. The molecule has 0 radical (unpaired) electrons. The molecule has 2 saturated heterocycles. The van der Waals surface area contributed by atoms with Gasteiger partial charge in [-0.25, -0.2) is 0 Å². The minimum atomic E-state index is -0.459. The van der Waals surface area contributed by atoms with E-state index in [1.807, 2.05) is 18.7 Å². The van der Waals surface area contributed by atoms with Crippen molar-refractivity contribution < 1.29 is 19.4 Å². The highest BCUT2D eigenvalue weighted by Gasteiger charge is 2.49. The molecule has 0 unspecified atom stereocenters. The number of amides is 2. The molecule has 1 aromatic rings. The van der Waals surface area contributed by atoms with E-state index < -0.39 is 6.04 Å². The van der Waals surface area contributed by atoms with Crippen LogP contribution in [0.3, 0.4) is 0 Å². The fourth-order valence-electron chi connectivity index (χ4n) is 5.24. The van der Waals surface area contributed by atoms with E-state index in [2.05, 4.69) is 0 Å². The molecule has 1 atom stereocenters. The Balaban J connectivity index is 1.55. The van der Waals surface area contributed by atoms with Gasteiger partial charge in [-0.15, -0.1) is 0 Å². The Morgan fingerprint density at radius 3 is 2.54 bits per heavy atom. The largest absolute Gasteiger partial charge is 0.507 e. The Hall–Kier alpha value is -2.08. The highest BCUT2D eigenvalue weighted by atomic mass is 16.5. The highest BCUT2D eigenvalue weighted by molar-refractivity contribution is 6.00. The summed E-state index contributed by atoms with van der Waals surface area (Å²) in [7, 11) is 0. The zero-order chi connectivity index (χ0) is 19.9. The maximum absolute atomic E-state index is 13.5. The quantitative estimate of drug-likeness (QED) is 0.848. The number of rotatable bonds is 2. The number of phenolic OH excluding ortho intramolecular Hbond substituents is 1. The molecule has 3 aliphatic rings. The molecule has 28 heavy (non-hydrogen) atoms. The Morgan fingerprint density at radius 1 is 1.11 bits per heavy atom. The van der Waals surface area contributed by atoms with Gasteiger partial charge in [-0.3, -0.25) is 9.59 Å². The van der Waals surface area contributed by atoms with Gasteiger partial charge < -0.3 is 19.6 Å². The molecule has 0 bridgehead atoms. The number of hydrogen-bond acceptors (Lipinski definition) is 4. The number of carbonyl (C=O) groups is 2. The van der Waals surface area contributed by atoms with E-state index in [4.69, 9.17) is 4.74 Å². The molecule has 3 fully saturated rings. The minimum absolute atomic E-state index is 0.0175. The molecular formula is C22H30N2O4. The number of benzene rings is 1. The molecule has 2 amide bonds. The van der Waals surface area contributed by atoms with Crippen LogP contribution < -0.4 is 0 Å². The van der Waals surface area contributed by atoms with Crippen LogP contribution in [0.5, 0.6) is 5.75 Å². The Kier molecular flexibility index (Phi) is 4.86. The van der Waals surface area contributed by atoms with Gasteiger partial charge in [0.05, 0.1) is 16.8 Å². The number of carbonyl (C=O) groups excluding carboxylic acids is 2. The normalized spacial score (nSPS) is 26.0. The number of likely N-dealkylation sites (tertiary alicyclic amines) is 1. The molecular weight excluding hydrogens is 356 g/mol. The van der Waals surface area contributed by atoms with Gasteiger partial charge in [0.1, 0.15) is 11.8 Å². The topological polar surface area (TPSA) is 70.1 Å². The Labute approximate surface area is 166 Å². The van der Waals surface area contributed by atoms with Crippen LogP contribution in [0.4, 0.5) is 0 Å². The number of ether oxygens (including phenoxy) is 1. The molecule has 1 spiro atoms. The van der Waals surface area contributed by atoms with Gasteiger partial charge in [0.2, 0.25) is 5.91 Å². The standard InChI is InChI=1S/C22H30N2O4/c1-21(2)14-23(15-22(28-21)11-5-6-12-22)20(27)17-9-7-13-24(17)19(26)16-8-3-4-10-18(16)25/h3-4,8,10,17,25H,5-7,9,11-15H2,1-2H3/t17-/m0/s1. The molecule has 6 nitrogen and oxygen atoms in total. The summed E-state index contributed by atoms with van der Waals surface area (Å²) in [6.45, 7) is 5.80. The summed E-state index contributed by atoms with van der Waals surface area (Å²) in [5, 5.41) is 10.1. The first kappa shape index (κ1) is 19.2. The van der Waals surface area contributed by atoms with Crippen molar-refractivity contribution in [3.63, 3.8) is 0 Å². The third-order valence-electron chi connectivity index (χ3n) is 6.30. The fraction of sp³-hybridized carbons (Fsp3) is 0.636. The average molecular weight is 386 g/mol. The van der Waals surface area contributed by atoms with Crippen LogP contribution in [0.15, 0.2) is 24.3 Å². The summed E-state index contributed by atoms with van der Waals surface area (Å²) in [6.07, 6.45) is 5.73. The lowest BCUT2D eigenvalue weighted by Crippen LogP contribution is -2.62. The van der Waals surface area contributed by atoms with Crippen molar-refractivity contribution in [1.29, 1.82) is 0 Å². The molecule has 1 aliphatic carbocycles. The number of hydrogen-bond donors (Lipinski definition) is 1. The van der Waals surface area contributed by atoms with Gasteiger partial charge in [-0.05, 0) is 51.7 Å². The summed E-state index contributed by atoms with van der Waals surface area (Å²) >= 11 is 0. The van der Waals surface area contributed by atoms with Crippen molar-refractivity contribution in [3.8, 4) is 5.75 Å². The van der Waals surface area contributed by atoms with Crippen molar-refractivity contribution in [1.82, 2.24) is 9.80 Å². The summed E-state index contributed by atoms with van der Waals surface area (Å²) in [5.74, 6) is -0.288. The summed E-state index contributed by atoms with van der Waals surface area (Å²) < 4.78 is 6.42. The molecule has 4 rings (SSSR count). The van der Waals surface area contributed by atoms with Gasteiger partial charge in [0.25, 0.3) is 5.91 Å². The van der Waals surface area contributed by atoms with Crippen molar-refractivity contribution in [2.45, 2.75) is 69.6 Å². The molecule has 1 aromatic carbocycles. The third kappa shape index (κ3) is 3.50. The molecule has 152 valence electrons. The summed E-state index contributed by atoms with van der Waals surface area (Å²) in [5.41, 5.74) is -0.358. The van der Waals surface area contributed by atoms with Crippen LogP contribution in [-0.4, -0.2) is 63.6 Å². The van der Waals surface area contributed by atoms with Crippen molar-refractivity contribution in [2.24, 2.45) is 0 Å². The van der Waals surface area contributed by atoms with E-state index in [0.717, 1.165) is 32.1 Å². The van der Waals surface area contributed by atoms with Crippen LogP contribution in [0, 0.1) is 0 Å². The first-order valence-electron chi connectivity index (χ1n) is 10.4. The van der Waals surface area contributed by atoms with Crippen LogP contribution >= 0.6 is 0 Å². The van der Waals surface area contributed by atoms with E-state index in [1.165, 1.54) is 6.07 Å². The van der Waals surface area contributed by atoms with Gasteiger partial charge in [0, 0.05) is 19.6 Å². The van der Waals surface area contributed by atoms with Crippen LogP contribution in [0.1, 0.15) is 62.7 Å². The predicted molar refractivity (Wildman–Crippen MR) is 105 cm³/mol. The maximum atomic E-state index is 13.5. The van der Waals surface area contributed by atoms with Crippen LogP contribution in [-0.2, 0) is 9.53 Å². The second-order valence-electron chi connectivity index (χ2n) is 9.12. The van der Waals surface area contributed by atoms with E-state index >= 15 is 0 Å². The van der Waals surface area contributed by atoms with Crippen molar-refractivity contribution in [3.05, 3.63) is 29.8 Å². The molecule has 2 aliphatic heterocycles. The lowest BCUT2D eigenvalue weighted by Gasteiger charge is -2.49. The summed E-state index contributed by atoms with van der Waals surface area (Å²) in [6, 6.07) is 6.08. The first-order chi connectivity index (χ1) is 13.3. The third-order valence-corrected chi connectivity index (χ3v) is 6.30. The Morgan fingerprint density at radius 2 is 1.82 bits per heavy atom. The number of aromatic hydroxyl groups is 1. The van der Waals surface area contributed by atoms with Gasteiger partial charge in [-0.2, -0.15) is 0 Å². The van der Waals surface area contributed by atoms with Crippen molar-refractivity contribution >= 4 is 11.8 Å². The lowest BCUT2D eigenvalue weighted by molar-refractivity contribution is -0.199. The van der Waals surface area contributed by atoms with Gasteiger partial charge in [0.15, 0.2) is 0 Å². The van der Waals surface area contributed by atoms with Crippen LogP contribution in [0.2, 0.25) is 0 Å². The molecule has 2 heterocycles. The second kappa shape index (κ2) is 7.07. The smallest absolute Gasteiger partial charge is 0.258 e. The van der Waals surface area contributed by atoms with E-state index in [-0.39, 0.29) is 34.3 Å². The fourth-order valence-corrected chi connectivity index (χ4v) is 5.24. The number of morpholine rings is 1. The van der Waals surface area contributed by atoms with Gasteiger partial charge in [-0.1, -0.05) is 25.0 Å². The molecule has 6 heteroatoms. The predicted octanol–water partition coefficient (Wildman–Crippen LogP) is 2.95. The minimum Gasteiger partial charge on any atom is -0.507 e. The first-order valence-corrected chi connectivity index (χ1v) is 10.4. The lowest BCUT2D eigenvalue weighted by atomic mass is 9.93. The summed E-state index contributed by atoms with van der Waals surface area (Å²) in [4.78, 5) is 30.1. The Bertz CT molecular complexity index is 770. The number of para-hydroxylation sites is 1. The van der Waals surface area contributed by atoms with Gasteiger partial charge >= 0.3 is 0 Å². The van der Waals surface area contributed by atoms with E-state index in [1.54, 1.807) is 23.1 Å². The highest BCUT2D eigenvalue weighted by Crippen LogP contribution is 2.41. The molecule has 1 saturated carbocycles. The van der Waals surface area contributed by atoms with E-state index in [0.29, 0.717) is 26.1 Å². The maximum Gasteiger partial charge on any atom is 0.258 e. The molecule has 0 aromatic heterocycles. The van der Waals surface area contributed by atoms with E-state index in [9.17, 15) is 14.7 Å². The SMILES string of the molecule is CC1(C)CN(C(=O)[C@@H]2CCCN2C(=O)c2ccccc2O)CC2(CCCC2)O1. The monoisotopic (exact) mass is 386 g/mol. The number of phenols is 1. The second-order valence-corrected chi connectivity index (χ2v) is 9.12. The van der Waals surface area contributed by atoms with Crippen molar-refractivity contribution in [2.75, 3.05) is 19.6 Å². The van der Waals surface area contributed by atoms with Crippen LogP contribution in [0.25, 0.3) is 0 Å².